The molecule has 3 aromatic rings. The fraction of sp³-hybridized carbons (Fsp3) is 0.263. The highest BCUT2D eigenvalue weighted by molar-refractivity contribution is 5.93. The van der Waals surface area contributed by atoms with Crippen molar-refractivity contribution < 1.29 is 9.90 Å². The normalized spacial score (nSPS) is 12.1. The largest absolute Gasteiger partial charge is 0.392 e. The number of anilines is 1. The van der Waals surface area contributed by atoms with Crippen molar-refractivity contribution >= 4 is 22.5 Å². The van der Waals surface area contributed by atoms with Gasteiger partial charge in [-0.15, -0.1) is 0 Å². The molecular weight excluding hydrogens is 316 g/mol. The molecule has 130 valence electrons. The molecule has 1 amide bonds. The number of fused-ring (bicyclic) bond motifs is 1. The third-order valence-electron chi connectivity index (χ3n) is 3.95. The van der Waals surface area contributed by atoms with Crippen molar-refractivity contribution in [3.05, 3.63) is 60.0 Å². The molecule has 0 saturated carbocycles. The van der Waals surface area contributed by atoms with Gasteiger partial charge in [-0.1, -0.05) is 18.2 Å². The number of carbonyl (C=O) groups is 1. The fourth-order valence-electron chi connectivity index (χ4n) is 2.67. The van der Waals surface area contributed by atoms with Crippen LogP contribution in [0, 0.1) is 0 Å². The molecule has 0 aliphatic rings. The predicted octanol–water partition coefficient (Wildman–Crippen LogP) is 2.33. The van der Waals surface area contributed by atoms with Crippen LogP contribution in [0.1, 0.15) is 23.0 Å². The minimum Gasteiger partial charge on any atom is -0.392 e. The van der Waals surface area contributed by atoms with E-state index in [2.05, 4.69) is 26.7 Å². The number of pyridine rings is 1. The van der Waals surface area contributed by atoms with Gasteiger partial charge in [-0.25, -0.2) is 0 Å². The van der Waals surface area contributed by atoms with Crippen molar-refractivity contribution in [2.24, 2.45) is 0 Å². The molecule has 0 aliphatic carbocycles. The Hall–Kier alpha value is -2.86. The standard InChI is InChI=1S/C19H22N4O2/c1-13(24)11-22-15-7-9-20-18(10-15)19(25)21-8-6-14-12-23-17-5-3-2-4-16(14)17/h2-5,7,9-10,12-13,23-24H,6,8,11H2,1H3,(H,20,22)(H,21,25)/t13-/m0/s1. The Morgan fingerprint density at radius 1 is 1.32 bits per heavy atom. The van der Waals surface area contributed by atoms with E-state index in [0.29, 0.717) is 18.8 Å². The van der Waals surface area contributed by atoms with Crippen LogP contribution < -0.4 is 10.6 Å². The number of aromatic amines is 1. The summed E-state index contributed by atoms with van der Waals surface area (Å²) in [6.07, 6.45) is 3.85. The molecule has 0 radical (unpaired) electrons. The molecule has 0 fully saturated rings. The highest BCUT2D eigenvalue weighted by Gasteiger charge is 2.09. The van der Waals surface area contributed by atoms with Crippen molar-refractivity contribution in [1.82, 2.24) is 15.3 Å². The topological polar surface area (TPSA) is 90.0 Å². The van der Waals surface area contributed by atoms with Crippen LogP contribution in [-0.2, 0) is 6.42 Å². The summed E-state index contributed by atoms with van der Waals surface area (Å²) in [5, 5.41) is 16.5. The Kier molecular flexibility index (Phi) is 5.30. The molecule has 6 heteroatoms. The first-order chi connectivity index (χ1) is 12.1. The number of aromatic nitrogens is 2. The highest BCUT2D eigenvalue weighted by Crippen LogP contribution is 2.17. The van der Waals surface area contributed by atoms with Crippen molar-refractivity contribution in [1.29, 1.82) is 0 Å². The molecule has 3 rings (SSSR count). The zero-order valence-corrected chi connectivity index (χ0v) is 14.1. The number of nitrogens with one attached hydrogen (secondary N) is 3. The molecule has 6 nitrogen and oxygen atoms in total. The molecule has 4 N–H and O–H groups in total. The average molecular weight is 338 g/mol. The van der Waals surface area contributed by atoms with Gasteiger partial charge in [0, 0.05) is 42.1 Å². The number of benzene rings is 1. The van der Waals surface area contributed by atoms with Crippen LogP contribution in [0.15, 0.2) is 48.8 Å². The number of hydrogen-bond donors (Lipinski definition) is 4. The van der Waals surface area contributed by atoms with E-state index in [1.807, 2.05) is 24.4 Å². The first-order valence-electron chi connectivity index (χ1n) is 8.34. The smallest absolute Gasteiger partial charge is 0.269 e. The van der Waals surface area contributed by atoms with Crippen molar-refractivity contribution in [2.45, 2.75) is 19.4 Å². The van der Waals surface area contributed by atoms with Gasteiger partial charge in [0.05, 0.1) is 6.10 Å². The van der Waals surface area contributed by atoms with Crippen LogP contribution in [-0.4, -0.2) is 40.2 Å². The summed E-state index contributed by atoms with van der Waals surface area (Å²) in [5.74, 6) is -0.208. The zero-order chi connectivity index (χ0) is 17.6. The van der Waals surface area contributed by atoms with E-state index in [0.717, 1.165) is 17.6 Å². The molecule has 1 aromatic carbocycles. The first kappa shape index (κ1) is 17.0. The van der Waals surface area contributed by atoms with Gasteiger partial charge in [0.2, 0.25) is 0 Å². The van der Waals surface area contributed by atoms with Crippen LogP contribution in [0.2, 0.25) is 0 Å². The zero-order valence-electron chi connectivity index (χ0n) is 14.1. The molecule has 2 aromatic heterocycles. The number of aliphatic hydroxyl groups is 1. The summed E-state index contributed by atoms with van der Waals surface area (Å²) >= 11 is 0. The lowest BCUT2D eigenvalue weighted by atomic mass is 10.1. The number of H-pyrrole nitrogens is 1. The maximum Gasteiger partial charge on any atom is 0.269 e. The number of amides is 1. The number of para-hydroxylation sites is 1. The number of hydrogen-bond acceptors (Lipinski definition) is 4. The van der Waals surface area contributed by atoms with Gasteiger partial charge in [-0.05, 0) is 37.1 Å². The molecule has 25 heavy (non-hydrogen) atoms. The van der Waals surface area contributed by atoms with E-state index < -0.39 is 6.10 Å². The summed E-state index contributed by atoms with van der Waals surface area (Å²) in [4.78, 5) is 19.6. The Morgan fingerprint density at radius 3 is 3.00 bits per heavy atom. The molecule has 0 saturated heterocycles. The molecule has 0 unspecified atom stereocenters. The van der Waals surface area contributed by atoms with Gasteiger partial charge in [0.15, 0.2) is 0 Å². The minimum atomic E-state index is -0.457. The molecule has 2 heterocycles. The van der Waals surface area contributed by atoms with Gasteiger partial charge in [-0.3, -0.25) is 9.78 Å². The van der Waals surface area contributed by atoms with E-state index in [1.165, 1.54) is 10.9 Å². The second kappa shape index (κ2) is 7.81. The van der Waals surface area contributed by atoms with E-state index in [1.54, 1.807) is 25.3 Å². The van der Waals surface area contributed by atoms with Crippen molar-refractivity contribution in [2.75, 3.05) is 18.4 Å². The van der Waals surface area contributed by atoms with Crippen LogP contribution in [0.4, 0.5) is 5.69 Å². The van der Waals surface area contributed by atoms with Crippen molar-refractivity contribution in [3.8, 4) is 0 Å². The average Bonchev–Trinajstić information content (AvgIpc) is 3.03. The predicted molar refractivity (Wildman–Crippen MR) is 98.7 cm³/mol. The molecule has 1 atom stereocenters. The third-order valence-corrected chi connectivity index (χ3v) is 3.95. The number of aliphatic hydroxyl groups excluding tert-OH is 1. The highest BCUT2D eigenvalue weighted by atomic mass is 16.3. The summed E-state index contributed by atoms with van der Waals surface area (Å²) in [6.45, 7) is 2.66. The maximum absolute atomic E-state index is 12.3. The second-order valence-corrected chi connectivity index (χ2v) is 6.03. The Bertz CT molecular complexity index is 857. The summed E-state index contributed by atoms with van der Waals surface area (Å²) in [5.41, 5.74) is 3.39. The Morgan fingerprint density at radius 2 is 2.16 bits per heavy atom. The Labute approximate surface area is 146 Å². The number of carbonyl (C=O) groups excluding carboxylic acids is 1. The first-order valence-corrected chi connectivity index (χ1v) is 8.34. The third kappa shape index (κ3) is 4.36. The van der Waals surface area contributed by atoms with Gasteiger partial charge in [-0.2, -0.15) is 0 Å². The summed E-state index contributed by atoms with van der Waals surface area (Å²) in [7, 11) is 0. The van der Waals surface area contributed by atoms with Crippen LogP contribution >= 0.6 is 0 Å². The quantitative estimate of drug-likeness (QED) is 0.532. The molecule has 0 spiro atoms. The number of nitrogens with zero attached hydrogens (tertiary/aromatic N) is 1. The molecule has 0 aliphatic heterocycles. The van der Waals surface area contributed by atoms with E-state index in [4.69, 9.17) is 0 Å². The van der Waals surface area contributed by atoms with Gasteiger partial charge < -0.3 is 20.7 Å². The SMILES string of the molecule is C[C@H](O)CNc1ccnc(C(=O)NCCc2c[nH]c3ccccc23)c1. The number of rotatable bonds is 7. The van der Waals surface area contributed by atoms with Crippen molar-refractivity contribution in [3.63, 3.8) is 0 Å². The molecular formula is C19H22N4O2. The fourth-order valence-corrected chi connectivity index (χ4v) is 2.67. The minimum absolute atomic E-state index is 0.208. The van der Waals surface area contributed by atoms with Crippen LogP contribution in [0.25, 0.3) is 10.9 Å². The van der Waals surface area contributed by atoms with Gasteiger partial charge >= 0.3 is 0 Å². The van der Waals surface area contributed by atoms with E-state index >= 15 is 0 Å². The summed E-state index contributed by atoms with van der Waals surface area (Å²) in [6, 6.07) is 11.6. The molecule has 0 bridgehead atoms. The summed E-state index contributed by atoms with van der Waals surface area (Å²) < 4.78 is 0. The lowest BCUT2D eigenvalue weighted by Gasteiger charge is -2.09. The van der Waals surface area contributed by atoms with Crippen LogP contribution in [0.3, 0.4) is 0 Å². The van der Waals surface area contributed by atoms with Crippen LogP contribution in [0.5, 0.6) is 0 Å². The van der Waals surface area contributed by atoms with E-state index in [9.17, 15) is 9.90 Å². The monoisotopic (exact) mass is 338 g/mol. The van der Waals surface area contributed by atoms with Gasteiger partial charge in [0.1, 0.15) is 5.69 Å². The second-order valence-electron chi connectivity index (χ2n) is 6.03. The lowest BCUT2D eigenvalue weighted by molar-refractivity contribution is 0.0949. The van der Waals surface area contributed by atoms with E-state index in [-0.39, 0.29) is 5.91 Å². The van der Waals surface area contributed by atoms with Gasteiger partial charge in [0.25, 0.3) is 5.91 Å². The lowest BCUT2D eigenvalue weighted by Crippen LogP contribution is -2.26. The Balaban J connectivity index is 1.56. The maximum atomic E-state index is 12.3.